The average molecular weight is 472 g/mol. The lowest BCUT2D eigenvalue weighted by atomic mass is 9.85. The summed E-state index contributed by atoms with van der Waals surface area (Å²) in [5.41, 5.74) is 6.16. The average Bonchev–Trinajstić information content (AvgIpc) is 3.17. The molecular weight excluding hydrogens is 442 g/mol. The number of aromatic nitrogens is 4. The molecule has 0 unspecified atom stereocenters. The third kappa shape index (κ3) is 5.11. The number of carboxylic acids is 1. The van der Waals surface area contributed by atoms with Crippen LogP contribution in [0.4, 0.5) is 11.6 Å². The van der Waals surface area contributed by atoms with Gasteiger partial charge in [0, 0.05) is 37.1 Å². The molecule has 0 amide bonds. The number of aliphatic carboxylic acids is 1. The number of rotatable bonds is 7. The van der Waals surface area contributed by atoms with E-state index >= 15 is 0 Å². The van der Waals surface area contributed by atoms with Gasteiger partial charge in [-0.1, -0.05) is 24.3 Å². The zero-order valence-electron chi connectivity index (χ0n) is 19.9. The van der Waals surface area contributed by atoms with Gasteiger partial charge < -0.3 is 19.7 Å². The van der Waals surface area contributed by atoms with Gasteiger partial charge in [0.15, 0.2) is 0 Å². The highest BCUT2D eigenvalue weighted by Crippen LogP contribution is 2.30. The van der Waals surface area contributed by atoms with E-state index in [1.54, 1.807) is 12.4 Å². The van der Waals surface area contributed by atoms with Crippen LogP contribution in [0.5, 0.6) is 6.01 Å². The molecule has 1 saturated carbocycles. The summed E-state index contributed by atoms with van der Waals surface area (Å²) in [7, 11) is 2.02. The Kier molecular flexibility index (Phi) is 6.35. The molecule has 0 aliphatic heterocycles. The number of fused-ring (bicyclic) bond motifs is 1. The number of benzene rings is 2. The molecule has 35 heavy (non-hydrogen) atoms. The molecule has 0 saturated heterocycles. The van der Waals surface area contributed by atoms with Gasteiger partial charge in [-0.05, 0) is 67.9 Å². The molecule has 0 atom stereocenters. The molecule has 2 aromatic carbocycles. The van der Waals surface area contributed by atoms with Crippen LogP contribution in [-0.2, 0) is 11.8 Å². The van der Waals surface area contributed by atoms with E-state index < -0.39 is 5.97 Å². The van der Waals surface area contributed by atoms with Crippen LogP contribution >= 0.6 is 0 Å². The Hall–Kier alpha value is -3.94. The van der Waals surface area contributed by atoms with E-state index in [0.29, 0.717) is 6.01 Å². The van der Waals surface area contributed by atoms with Crippen molar-refractivity contribution in [1.82, 2.24) is 19.5 Å². The maximum absolute atomic E-state index is 10.9. The van der Waals surface area contributed by atoms with Crippen molar-refractivity contribution >= 4 is 28.6 Å². The third-order valence-electron chi connectivity index (χ3n) is 6.73. The summed E-state index contributed by atoms with van der Waals surface area (Å²) in [6, 6.07) is 14.6. The molecule has 1 aliphatic rings. The standard InChI is InChI=1S/C27H29N5O3/c1-17-4-3-5-23-25(17)32(2)26(31-23)30-21-10-8-19(9-11-21)20-15-28-27(29-16-20)35-22-12-6-18(7-13-22)14-24(33)34/h3-5,8-11,15-16,18,22H,6-7,12-14H2,1-2H3,(H,30,31)(H,33,34). The maximum atomic E-state index is 10.9. The third-order valence-corrected chi connectivity index (χ3v) is 6.73. The number of para-hydroxylation sites is 1. The number of carbonyl (C=O) groups is 1. The summed E-state index contributed by atoms with van der Waals surface area (Å²) in [4.78, 5) is 24.4. The van der Waals surface area contributed by atoms with E-state index in [1.165, 1.54) is 5.56 Å². The van der Waals surface area contributed by atoms with E-state index in [4.69, 9.17) is 14.8 Å². The van der Waals surface area contributed by atoms with Crippen LogP contribution in [0.2, 0.25) is 0 Å². The lowest BCUT2D eigenvalue weighted by Gasteiger charge is -2.27. The highest BCUT2D eigenvalue weighted by molar-refractivity contribution is 5.82. The highest BCUT2D eigenvalue weighted by Gasteiger charge is 2.24. The SMILES string of the molecule is Cc1cccc2nc(Nc3ccc(-c4cnc(OC5CCC(CC(=O)O)CC5)nc4)cc3)n(C)c12. The summed E-state index contributed by atoms with van der Waals surface area (Å²) < 4.78 is 8.01. The summed E-state index contributed by atoms with van der Waals surface area (Å²) in [6.45, 7) is 2.09. The summed E-state index contributed by atoms with van der Waals surface area (Å²) in [5, 5.41) is 12.4. The summed E-state index contributed by atoms with van der Waals surface area (Å²) in [5.74, 6) is 0.315. The van der Waals surface area contributed by atoms with Crippen molar-refractivity contribution in [3.8, 4) is 17.1 Å². The van der Waals surface area contributed by atoms with Crippen LogP contribution in [0.3, 0.4) is 0 Å². The van der Waals surface area contributed by atoms with Crippen LogP contribution in [-0.4, -0.2) is 36.7 Å². The first kappa shape index (κ1) is 22.8. The molecule has 8 heteroatoms. The summed E-state index contributed by atoms with van der Waals surface area (Å²) >= 11 is 0. The van der Waals surface area contributed by atoms with Crippen LogP contribution in [0, 0.1) is 12.8 Å². The molecule has 0 bridgehead atoms. The molecule has 8 nitrogen and oxygen atoms in total. The van der Waals surface area contributed by atoms with Crippen LogP contribution in [0.1, 0.15) is 37.7 Å². The Labute approximate surface area is 204 Å². The number of ether oxygens (including phenoxy) is 1. The largest absolute Gasteiger partial charge is 0.481 e. The van der Waals surface area contributed by atoms with Gasteiger partial charge in [0.1, 0.15) is 6.10 Å². The Morgan fingerprint density at radius 3 is 2.43 bits per heavy atom. The second-order valence-corrected chi connectivity index (χ2v) is 9.25. The van der Waals surface area contributed by atoms with Gasteiger partial charge in [0.25, 0.3) is 0 Å². The number of anilines is 2. The molecule has 0 radical (unpaired) electrons. The second-order valence-electron chi connectivity index (χ2n) is 9.25. The Bertz CT molecular complexity index is 1320. The number of nitrogens with zero attached hydrogens (tertiary/aromatic N) is 4. The molecule has 2 N–H and O–H groups in total. The first-order chi connectivity index (χ1) is 17.0. The molecule has 1 fully saturated rings. The smallest absolute Gasteiger partial charge is 0.316 e. The van der Waals surface area contributed by atoms with Crippen molar-refractivity contribution in [1.29, 1.82) is 0 Å². The fourth-order valence-corrected chi connectivity index (χ4v) is 4.83. The number of nitrogens with one attached hydrogen (secondary N) is 1. The Balaban J connectivity index is 1.20. The van der Waals surface area contributed by atoms with Gasteiger partial charge in [-0.15, -0.1) is 0 Å². The van der Waals surface area contributed by atoms with E-state index in [-0.39, 0.29) is 18.4 Å². The van der Waals surface area contributed by atoms with E-state index in [9.17, 15) is 4.79 Å². The van der Waals surface area contributed by atoms with Crippen LogP contribution in [0.15, 0.2) is 54.9 Å². The fourth-order valence-electron chi connectivity index (χ4n) is 4.83. The topological polar surface area (TPSA) is 102 Å². The van der Waals surface area contributed by atoms with E-state index in [1.807, 2.05) is 43.4 Å². The number of hydrogen-bond acceptors (Lipinski definition) is 6. The number of carboxylic acid groups (broad SMARTS) is 1. The molecular formula is C27H29N5O3. The number of hydrogen-bond donors (Lipinski definition) is 2. The highest BCUT2D eigenvalue weighted by atomic mass is 16.5. The molecule has 4 aromatic rings. The van der Waals surface area contributed by atoms with Crippen molar-refractivity contribution in [3.05, 3.63) is 60.4 Å². The van der Waals surface area contributed by atoms with Crippen LogP contribution in [0.25, 0.3) is 22.2 Å². The minimum atomic E-state index is -0.725. The van der Waals surface area contributed by atoms with Gasteiger partial charge in [-0.3, -0.25) is 4.79 Å². The Morgan fingerprint density at radius 2 is 1.77 bits per heavy atom. The van der Waals surface area contributed by atoms with E-state index in [0.717, 1.165) is 59.5 Å². The van der Waals surface area contributed by atoms with Gasteiger partial charge >= 0.3 is 12.0 Å². The van der Waals surface area contributed by atoms with Crippen molar-refractivity contribution < 1.29 is 14.6 Å². The molecule has 2 heterocycles. The fraction of sp³-hybridized carbons (Fsp3) is 0.333. The molecule has 0 spiro atoms. The zero-order chi connectivity index (χ0) is 24.4. The Morgan fingerprint density at radius 1 is 1.06 bits per heavy atom. The van der Waals surface area contributed by atoms with Gasteiger partial charge in [0.2, 0.25) is 5.95 Å². The van der Waals surface area contributed by atoms with Crippen LogP contribution < -0.4 is 10.1 Å². The van der Waals surface area contributed by atoms with Crippen molar-refractivity contribution in [3.63, 3.8) is 0 Å². The number of imidazole rings is 1. The zero-order valence-corrected chi connectivity index (χ0v) is 19.9. The van der Waals surface area contributed by atoms with Crippen molar-refractivity contribution in [2.75, 3.05) is 5.32 Å². The number of aryl methyl sites for hydroxylation is 2. The lowest BCUT2D eigenvalue weighted by Crippen LogP contribution is -2.25. The monoisotopic (exact) mass is 471 g/mol. The van der Waals surface area contributed by atoms with Gasteiger partial charge in [-0.2, -0.15) is 0 Å². The molecule has 5 rings (SSSR count). The predicted molar refractivity (Wildman–Crippen MR) is 135 cm³/mol. The second kappa shape index (κ2) is 9.74. The quantitative estimate of drug-likeness (QED) is 0.367. The maximum Gasteiger partial charge on any atom is 0.316 e. The molecule has 2 aromatic heterocycles. The normalized spacial score (nSPS) is 17.9. The van der Waals surface area contributed by atoms with E-state index in [2.05, 4.69) is 32.8 Å². The minimum Gasteiger partial charge on any atom is -0.481 e. The molecule has 1 aliphatic carbocycles. The lowest BCUT2D eigenvalue weighted by molar-refractivity contribution is -0.138. The molecule has 180 valence electrons. The van der Waals surface area contributed by atoms with Crippen molar-refractivity contribution in [2.45, 2.75) is 45.1 Å². The van der Waals surface area contributed by atoms with Gasteiger partial charge in [-0.25, -0.2) is 15.0 Å². The minimum absolute atomic E-state index is 0.0443. The predicted octanol–water partition coefficient (Wildman–Crippen LogP) is 5.49. The first-order valence-corrected chi connectivity index (χ1v) is 12.0. The van der Waals surface area contributed by atoms with Gasteiger partial charge in [0.05, 0.1) is 11.0 Å². The van der Waals surface area contributed by atoms with Crippen molar-refractivity contribution in [2.24, 2.45) is 13.0 Å². The summed E-state index contributed by atoms with van der Waals surface area (Å²) in [6.07, 6.45) is 7.23. The first-order valence-electron chi connectivity index (χ1n) is 12.0.